The molecule has 4 aromatic rings. The number of hydrogen-bond acceptors (Lipinski definition) is 3. The maximum absolute atomic E-state index is 13.6. The van der Waals surface area contributed by atoms with Gasteiger partial charge in [0.25, 0.3) is 5.91 Å². The Morgan fingerprint density at radius 3 is 2.86 bits per heavy atom. The van der Waals surface area contributed by atoms with Crippen molar-refractivity contribution in [2.24, 2.45) is 0 Å². The third-order valence-corrected chi connectivity index (χ3v) is 5.48. The van der Waals surface area contributed by atoms with Gasteiger partial charge in [0.1, 0.15) is 17.3 Å². The summed E-state index contributed by atoms with van der Waals surface area (Å²) in [6.45, 7) is 0.382. The molecule has 0 fully saturated rings. The lowest BCUT2D eigenvalue weighted by molar-refractivity contribution is 0.101. The summed E-state index contributed by atoms with van der Waals surface area (Å²) in [5.41, 5.74) is 2.67. The standard InChI is InChI=1S/C21H16ClFN2O2S/c1-27-19-6-5-14(22)10-16(19)24-21(26)18-11-20-17(7-8-28-20)25(18)12-13-3-2-4-15(23)9-13/h2-11H,12H2,1H3,(H,24,26). The van der Waals surface area contributed by atoms with E-state index in [1.807, 2.05) is 28.1 Å². The summed E-state index contributed by atoms with van der Waals surface area (Å²) in [5.74, 6) is -0.0796. The Balaban J connectivity index is 1.71. The molecule has 2 heterocycles. The van der Waals surface area contributed by atoms with Crippen molar-refractivity contribution >= 4 is 44.7 Å². The Bertz CT molecular complexity index is 1170. The molecule has 0 saturated heterocycles. The van der Waals surface area contributed by atoms with E-state index in [1.54, 1.807) is 35.6 Å². The number of carbonyl (C=O) groups is 1. The molecule has 142 valence electrons. The monoisotopic (exact) mass is 414 g/mol. The minimum atomic E-state index is -0.305. The van der Waals surface area contributed by atoms with Gasteiger partial charge >= 0.3 is 0 Å². The number of hydrogen-bond donors (Lipinski definition) is 1. The van der Waals surface area contributed by atoms with Crippen LogP contribution < -0.4 is 10.1 Å². The molecule has 2 aromatic carbocycles. The molecule has 28 heavy (non-hydrogen) atoms. The van der Waals surface area contributed by atoms with Crippen LogP contribution in [0.25, 0.3) is 10.2 Å². The van der Waals surface area contributed by atoms with Crippen molar-refractivity contribution in [3.63, 3.8) is 0 Å². The van der Waals surface area contributed by atoms with Crippen LogP contribution in [0.2, 0.25) is 5.02 Å². The van der Waals surface area contributed by atoms with E-state index in [4.69, 9.17) is 16.3 Å². The van der Waals surface area contributed by atoms with Crippen molar-refractivity contribution in [3.8, 4) is 5.75 Å². The van der Waals surface area contributed by atoms with Crippen molar-refractivity contribution in [3.05, 3.63) is 82.1 Å². The third-order valence-electron chi connectivity index (χ3n) is 4.39. The van der Waals surface area contributed by atoms with Gasteiger partial charge < -0.3 is 14.6 Å². The second-order valence-electron chi connectivity index (χ2n) is 6.21. The number of aromatic nitrogens is 1. The van der Waals surface area contributed by atoms with Gasteiger partial charge in [-0.2, -0.15) is 0 Å². The van der Waals surface area contributed by atoms with Crippen LogP contribution in [0.5, 0.6) is 5.75 Å². The molecule has 4 nitrogen and oxygen atoms in total. The fraction of sp³-hybridized carbons (Fsp3) is 0.0952. The second-order valence-corrected chi connectivity index (χ2v) is 7.60. The van der Waals surface area contributed by atoms with Crippen molar-refractivity contribution in [2.75, 3.05) is 12.4 Å². The highest BCUT2D eigenvalue weighted by molar-refractivity contribution is 7.17. The molecular formula is C21H16ClFN2O2S. The summed E-state index contributed by atoms with van der Waals surface area (Å²) >= 11 is 7.61. The predicted molar refractivity (Wildman–Crippen MR) is 111 cm³/mol. The van der Waals surface area contributed by atoms with Gasteiger partial charge in [-0.05, 0) is 53.4 Å². The number of anilines is 1. The van der Waals surface area contributed by atoms with Crippen molar-refractivity contribution in [1.82, 2.24) is 4.57 Å². The highest BCUT2D eigenvalue weighted by Crippen LogP contribution is 2.30. The lowest BCUT2D eigenvalue weighted by Crippen LogP contribution is -2.18. The zero-order chi connectivity index (χ0) is 19.7. The number of halogens is 2. The van der Waals surface area contributed by atoms with Gasteiger partial charge in [-0.15, -0.1) is 11.3 Å². The first kappa shape index (κ1) is 18.5. The van der Waals surface area contributed by atoms with Gasteiger partial charge in [0.2, 0.25) is 0 Å². The van der Waals surface area contributed by atoms with Gasteiger partial charge in [0.05, 0.1) is 23.0 Å². The zero-order valence-corrected chi connectivity index (χ0v) is 16.5. The summed E-state index contributed by atoms with van der Waals surface area (Å²) in [6.07, 6.45) is 0. The SMILES string of the molecule is COc1ccc(Cl)cc1NC(=O)c1cc2sccc2n1Cc1cccc(F)c1. The van der Waals surface area contributed by atoms with Crippen molar-refractivity contribution in [1.29, 1.82) is 0 Å². The summed E-state index contributed by atoms with van der Waals surface area (Å²) in [7, 11) is 1.53. The van der Waals surface area contributed by atoms with E-state index in [1.165, 1.54) is 19.2 Å². The summed E-state index contributed by atoms with van der Waals surface area (Å²) in [4.78, 5) is 13.0. The maximum Gasteiger partial charge on any atom is 0.272 e. The first-order chi connectivity index (χ1) is 13.5. The molecule has 0 spiro atoms. The first-order valence-electron chi connectivity index (χ1n) is 8.51. The smallest absolute Gasteiger partial charge is 0.272 e. The number of nitrogens with one attached hydrogen (secondary N) is 1. The number of methoxy groups -OCH3 is 1. The van der Waals surface area contributed by atoms with E-state index in [2.05, 4.69) is 5.32 Å². The van der Waals surface area contributed by atoms with Crippen molar-refractivity contribution in [2.45, 2.75) is 6.54 Å². The minimum absolute atomic E-state index is 0.291. The van der Waals surface area contributed by atoms with E-state index in [0.29, 0.717) is 28.7 Å². The van der Waals surface area contributed by atoms with Crippen LogP contribution in [0.3, 0.4) is 0 Å². The lowest BCUT2D eigenvalue weighted by Gasteiger charge is -2.13. The largest absolute Gasteiger partial charge is 0.495 e. The minimum Gasteiger partial charge on any atom is -0.495 e. The summed E-state index contributed by atoms with van der Waals surface area (Å²) in [5, 5.41) is 5.33. The van der Waals surface area contributed by atoms with E-state index in [9.17, 15) is 9.18 Å². The van der Waals surface area contributed by atoms with Crippen LogP contribution in [0.1, 0.15) is 16.1 Å². The number of fused-ring (bicyclic) bond motifs is 1. The van der Waals surface area contributed by atoms with Crippen LogP contribution in [0.4, 0.5) is 10.1 Å². The second kappa shape index (κ2) is 7.66. The maximum atomic E-state index is 13.6. The Hall–Kier alpha value is -2.83. The Morgan fingerprint density at radius 2 is 2.07 bits per heavy atom. The average Bonchev–Trinajstić information content (AvgIpc) is 3.25. The number of benzene rings is 2. The Morgan fingerprint density at radius 1 is 1.21 bits per heavy atom. The van der Waals surface area contributed by atoms with Crippen LogP contribution in [-0.4, -0.2) is 17.6 Å². The third kappa shape index (κ3) is 3.61. The van der Waals surface area contributed by atoms with E-state index in [0.717, 1.165) is 15.8 Å². The van der Waals surface area contributed by atoms with Crippen LogP contribution >= 0.6 is 22.9 Å². The number of nitrogens with zero attached hydrogens (tertiary/aromatic N) is 1. The molecule has 0 aliphatic heterocycles. The van der Waals surface area contributed by atoms with Crippen LogP contribution in [-0.2, 0) is 6.54 Å². The zero-order valence-electron chi connectivity index (χ0n) is 14.9. The van der Waals surface area contributed by atoms with Gasteiger partial charge in [-0.25, -0.2) is 4.39 Å². The van der Waals surface area contributed by atoms with Crippen LogP contribution in [0, 0.1) is 5.82 Å². The molecule has 0 aliphatic rings. The first-order valence-corrected chi connectivity index (χ1v) is 9.77. The fourth-order valence-corrected chi connectivity index (χ4v) is 4.11. The number of carbonyl (C=O) groups excluding carboxylic acids is 1. The van der Waals surface area contributed by atoms with Crippen molar-refractivity contribution < 1.29 is 13.9 Å². The van der Waals surface area contributed by atoms with Gasteiger partial charge in [0.15, 0.2) is 0 Å². The lowest BCUT2D eigenvalue weighted by atomic mass is 10.2. The molecule has 0 atom stereocenters. The molecule has 2 aromatic heterocycles. The molecule has 0 unspecified atom stereocenters. The number of ether oxygens (including phenoxy) is 1. The van der Waals surface area contributed by atoms with Gasteiger partial charge in [-0.3, -0.25) is 4.79 Å². The Labute approximate surface area is 170 Å². The molecule has 7 heteroatoms. The summed E-state index contributed by atoms with van der Waals surface area (Å²) < 4.78 is 21.8. The number of amides is 1. The topological polar surface area (TPSA) is 43.3 Å². The molecule has 0 radical (unpaired) electrons. The average molecular weight is 415 g/mol. The molecule has 0 aliphatic carbocycles. The molecule has 1 amide bonds. The van der Waals surface area contributed by atoms with Gasteiger partial charge in [-0.1, -0.05) is 23.7 Å². The highest BCUT2D eigenvalue weighted by atomic mass is 35.5. The predicted octanol–water partition coefficient (Wildman–Crippen LogP) is 5.80. The Kier molecular flexibility index (Phi) is 5.07. The van der Waals surface area contributed by atoms with E-state index >= 15 is 0 Å². The quantitative estimate of drug-likeness (QED) is 0.448. The van der Waals surface area contributed by atoms with E-state index < -0.39 is 0 Å². The molecule has 4 rings (SSSR count). The molecule has 0 saturated carbocycles. The molecular weight excluding hydrogens is 399 g/mol. The fourth-order valence-electron chi connectivity index (χ4n) is 3.12. The highest BCUT2D eigenvalue weighted by Gasteiger charge is 2.18. The summed E-state index contributed by atoms with van der Waals surface area (Å²) in [6, 6.07) is 15.2. The van der Waals surface area contributed by atoms with Gasteiger partial charge in [0, 0.05) is 11.6 Å². The number of rotatable bonds is 5. The molecule has 1 N–H and O–H groups in total. The normalized spacial score (nSPS) is 11.0. The van der Waals surface area contributed by atoms with Crippen LogP contribution in [0.15, 0.2) is 60.0 Å². The van der Waals surface area contributed by atoms with E-state index in [-0.39, 0.29) is 11.7 Å². The number of thiophene rings is 1. The molecule has 0 bridgehead atoms.